The zero-order valence-corrected chi connectivity index (χ0v) is 12.3. The Morgan fingerprint density at radius 2 is 1.88 bits per heavy atom. The lowest BCUT2D eigenvalue weighted by molar-refractivity contribution is 0.226. The van der Waals surface area contributed by atoms with Gasteiger partial charge in [-0.3, -0.25) is 4.90 Å². The van der Waals surface area contributed by atoms with Gasteiger partial charge in [0.2, 0.25) is 0 Å². The van der Waals surface area contributed by atoms with E-state index in [4.69, 9.17) is 0 Å². The summed E-state index contributed by atoms with van der Waals surface area (Å²) in [6.45, 7) is 9.80. The highest BCUT2D eigenvalue weighted by Crippen LogP contribution is 2.30. The van der Waals surface area contributed by atoms with Gasteiger partial charge in [-0.2, -0.15) is 11.8 Å². The second-order valence-corrected chi connectivity index (χ2v) is 7.26. The molecule has 0 bridgehead atoms. The second kappa shape index (κ2) is 7.01. The molecule has 1 aliphatic heterocycles. The Balaban J connectivity index is 1.60. The fraction of sp³-hybridized carbons (Fsp3) is 1.00. The fourth-order valence-corrected chi connectivity index (χ4v) is 3.73. The molecule has 0 radical (unpaired) electrons. The maximum atomic E-state index is 3.44. The molecule has 2 fully saturated rings. The molecule has 1 saturated heterocycles. The van der Waals surface area contributed by atoms with Crippen molar-refractivity contribution >= 4 is 11.8 Å². The van der Waals surface area contributed by atoms with Gasteiger partial charge >= 0.3 is 0 Å². The van der Waals surface area contributed by atoms with Crippen molar-refractivity contribution in [1.82, 2.24) is 10.2 Å². The molecule has 1 aliphatic carbocycles. The van der Waals surface area contributed by atoms with Crippen LogP contribution in [0.1, 0.15) is 39.5 Å². The topological polar surface area (TPSA) is 15.3 Å². The zero-order chi connectivity index (χ0) is 12.1. The first-order valence-corrected chi connectivity index (χ1v) is 8.37. The van der Waals surface area contributed by atoms with Crippen LogP contribution in [0.4, 0.5) is 0 Å². The standard InChI is InChI=1S/C14H28N2S/c1-12(2)16(11-13-3-4-13)9-10-17-14-5-7-15-8-6-14/h12-15H,3-11H2,1-2H3. The molecule has 17 heavy (non-hydrogen) atoms. The number of nitrogens with one attached hydrogen (secondary N) is 1. The lowest BCUT2D eigenvalue weighted by Gasteiger charge is -2.28. The molecule has 0 aromatic heterocycles. The number of hydrogen-bond donors (Lipinski definition) is 1. The molecular weight excluding hydrogens is 228 g/mol. The van der Waals surface area contributed by atoms with E-state index in [2.05, 4.69) is 35.8 Å². The monoisotopic (exact) mass is 256 g/mol. The largest absolute Gasteiger partial charge is 0.317 e. The Bertz CT molecular complexity index is 210. The first-order valence-electron chi connectivity index (χ1n) is 7.32. The fourth-order valence-electron chi connectivity index (χ4n) is 2.49. The summed E-state index contributed by atoms with van der Waals surface area (Å²) in [4.78, 5) is 2.69. The van der Waals surface area contributed by atoms with Crippen LogP contribution >= 0.6 is 11.8 Å². The minimum absolute atomic E-state index is 0.726. The average molecular weight is 256 g/mol. The second-order valence-electron chi connectivity index (χ2n) is 5.85. The Hall–Kier alpha value is 0.270. The van der Waals surface area contributed by atoms with Crippen LogP contribution in [0.3, 0.4) is 0 Å². The minimum Gasteiger partial charge on any atom is -0.317 e. The molecule has 0 atom stereocenters. The molecule has 0 amide bonds. The van der Waals surface area contributed by atoms with Gasteiger partial charge in [-0.25, -0.2) is 0 Å². The Morgan fingerprint density at radius 1 is 1.18 bits per heavy atom. The van der Waals surface area contributed by atoms with Gasteiger partial charge in [0.15, 0.2) is 0 Å². The molecule has 1 saturated carbocycles. The first-order chi connectivity index (χ1) is 8.25. The molecule has 1 N–H and O–H groups in total. The minimum atomic E-state index is 0.726. The lowest BCUT2D eigenvalue weighted by Crippen LogP contribution is -2.35. The summed E-state index contributed by atoms with van der Waals surface area (Å²) >= 11 is 2.21. The third-order valence-electron chi connectivity index (χ3n) is 3.94. The highest BCUT2D eigenvalue weighted by Gasteiger charge is 2.25. The van der Waals surface area contributed by atoms with Crippen LogP contribution in [0.25, 0.3) is 0 Å². The number of hydrogen-bond acceptors (Lipinski definition) is 3. The van der Waals surface area contributed by atoms with Crippen LogP contribution in [-0.2, 0) is 0 Å². The van der Waals surface area contributed by atoms with Crippen molar-refractivity contribution in [1.29, 1.82) is 0 Å². The summed E-state index contributed by atoms with van der Waals surface area (Å²) in [5.74, 6) is 2.36. The smallest absolute Gasteiger partial charge is 0.00753 e. The van der Waals surface area contributed by atoms with Crippen LogP contribution in [-0.4, -0.2) is 48.1 Å². The molecule has 0 unspecified atom stereocenters. The van der Waals surface area contributed by atoms with E-state index >= 15 is 0 Å². The van der Waals surface area contributed by atoms with Crippen molar-refractivity contribution in [3.8, 4) is 0 Å². The molecule has 2 aliphatic rings. The normalized spacial score (nSPS) is 22.6. The van der Waals surface area contributed by atoms with Crippen molar-refractivity contribution in [2.24, 2.45) is 5.92 Å². The van der Waals surface area contributed by atoms with Gasteiger partial charge in [0.05, 0.1) is 0 Å². The molecule has 0 aromatic carbocycles. The summed E-state index contributed by atoms with van der Waals surface area (Å²) in [7, 11) is 0. The Morgan fingerprint density at radius 3 is 2.47 bits per heavy atom. The van der Waals surface area contributed by atoms with E-state index in [1.54, 1.807) is 0 Å². The van der Waals surface area contributed by atoms with Crippen molar-refractivity contribution < 1.29 is 0 Å². The average Bonchev–Trinajstić information content (AvgIpc) is 3.13. The third-order valence-corrected chi connectivity index (χ3v) is 5.30. The van der Waals surface area contributed by atoms with Crippen LogP contribution in [0.2, 0.25) is 0 Å². The SMILES string of the molecule is CC(C)N(CCSC1CCNCC1)CC1CC1. The van der Waals surface area contributed by atoms with Crippen molar-refractivity contribution in [2.45, 2.75) is 50.8 Å². The van der Waals surface area contributed by atoms with E-state index in [0.29, 0.717) is 0 Å². The Labute approximate surface area is 111 Å². The van der Waals surface area contributed by atoms with E-state index in [0.717, 1.165) is 17.2 Å². The molecule has 2 nitrogen and oxygen atoms in total. The van der Waals surface area contributed by atoms with Crippen LogP contribution in [0.5, 0.6) is 0 Å². The molecule has 100 valence electrons. The van der Waals surface area contributed by atoms with Crippen molar-refractivity contribution in [2.75, 3.05) is 31.9 Å². The number of piperidine rings is 1. The van der Waals surface area contributed by atoms with E-state index in [-0.39, 0.29) is 0 Å². The molecular formula is C14H28N2S. The maximum Gasteiger partial charge on any atom is 0.00753 e. The summed E-state index contributed by atoms with van der Waals surface area (Å²) in [5, 5.41) is 4.37. The zero-order valence-electron chi connectivity index (χ0n) is 11.5. The first kappa shape index (κ1) is 13.7. The van der Waals surface area contributed by atoms with Gasteiger partial charge in [0.1, 0.15) is 0 Å². The lowest BCUT2D eigenvalue weighted by atomic mass is 10.2. The summed E-state index contributed by atoms with van der Waals surface area (Å²) < 4.78 is 0. The predicted octanol–water partition coefficient (Wildman–Crippen LogP) is 2.59. The number of nitrogens with zero attached hydrogens (tertiary/aromatic N) is 1. The van der Waals surface area contributed by atoms with Crippen LogP contribution in [0.15, 0.2) is 0 Å². The molecule has 0 aromatic rings. The van der Waals surface area contributed by atoms with E-state index in [9.17, 15) is 0 Å². The van der Waals surface area contributed by atoms with Crippen LogP contribution in [0, 0.1) is 5.92 Å². The quantitative estimate of drug-likeness (QED) is 0.754. The van der Waals surface area contributed by atoms with Gasteiger partial charge in [-0.1, -0.05) is 0 Å². The van der Waals surface area contributed by atoms with E-state index in [1.165, 1.54) is 57.6 Å². The maximum absolute atomic E-state index is 3.44. The molecule has 3 heteroatoms. The summed E-state index contributed by atoms with van der Waals surface area (Å²) in [6.07, 6.45) is 5.69. The van der Waals surface area contributed by atoms with Gasteiger partial charge in [-0.15, -0.1) is 0 Å². The van der Waals surface area contributed by atoms with Crippen LogP contribution < -0.4 is 5.32 Å². The summed E-state index contributed by atoms with van der Waals surface area (Å²) in [5.41, 5.74) is 0. The molecule has 0 spiro atoms. The number of rotatable bonds is 7. The summed E-state index contributed by atoms with van der Waals surface area (Å²) in [6, 6.07) is 0.726. The molecule has 1 heterocycles. The van der Waals surface area contributed by atoms with Gasteiger partial charge < -0.3 is 5.32 Å². The van der Waals surface area contributed by atoms with Gasteiger partial charge in [-0.05, 0) is 58.5 Å². The highest BCUT2D eigenvalue weighted by atomic mass is 32.2. The highest BCUT2D eigenvalue weighted by molar-refractivity contribution is 7.99. The van der Waals surface area contributed by atoms with E-state index < -0.39 is 0 Å². The van der Waals surface area contributed by atoms with Crippen molar-refractivity contribution in [3.63, 3.8) is 0 Å². The van der Waals surface area contributed by atoms with Gasteiger partial charge in [0.25, 0.3) is 0 Å². The van der Waals surface area contributed by atoms with Crippen molar-refractivity contribution in [3.05, 3.63) is 0 Å². The predicted molar refractivity (Wildman–Crippen MR) is 77.8 cm³/mol. The van der Waals surface area contributed by atoms with Gasteiger partial charge in [0, 0.05) is 30.1 Å². The Kier molecular flexibility index (Phi) is 5.64. The van der Waals surface area contributed by atoms with E-state index in [1.807, 2.05) is 0 Å². The third kappa shape index (κ3) is 5.19. The number of thioether (sulfide) groups is 1. The molecule has 2 rings (SSSR count).